The summed E-state index contributed by atoms with van der Waals surface area (Å²) in [5.74, 6) is -0.707. The van der Waals surface area contributed by atoms with Gasteiger partial charge in [0, 0.05) is 5.56 Å². The summed E-state index contributed by atoms with van der Waals surface area (Å²) in [6.45, 7) is 4.17. The number of hydrogen-bond donors (Lipinski definition) is 1. The predicted molar refractivity (Wildman–Crippen MR) is 129 cm³/mol. The van der Waals surface area contributed by atoms with Crippen molar-refractivity contribution in [3.05, 3.63) is 94.3 Å². The number of ether oxygens (including phenoxy) is 1. The molecule has 1 N–H and O–H groups in total. The molecule has 0 aliphatic heterocycles. The molecule has 1 unspecified atom stereocenters. The van der Waals surface area contributed by atoms with Crippen molar-refractivity contribution < 1.29 is 19.4 Å². The highest BCUT2D eigenvalue weighted by Crippen LogP contribution is 2.27. The number of thiazole rings is 1. The molecule has 4 aromatic rings. The van der Waals surface area contributed by atoms with Gasteiger partial charge in [0.25, 0.3) is 5.91 Å². The minimum absolute atomic E-state index is 0.352. The van der Waals surface area contributed by atoms with Crippen molar-refractivity contribution >= 4 is 33.4 Å². The Kier molecular flexibility index (Phi) is 6.70. The normalized spacial score (nSPS) is 12.6. The quantitative estimate of drug-likeness (QED) is 0.402. The molecule has 0 aliphatic rings. The zero-order valence-corrected chi connectivity index (χ0v) is 19.2. The lowest BCUT2D eigenvalue weighted by Gasteiger charge is -2.13. The Labute approximate surface area is 195 Å². The first-order valence-corrected chi connectivity index (χ1v) is 11.5. The SMILES string of the molecule is CCC(C(=O)O)n1c(=NC(=O)c2ccc(C)cc2)sc2cc(OCc3ccccc3)ccc21. The monoisotopic (exact) mass is 460 g/mol. The molecule has 3 aromatic carbocycles. The number of aromatic nitrogens is 1. The van der Waals surface area contributed by atoms with E-state index in [9.17, 15) is 14.7 Å². The van der Waals surface area contributed by atoms with Crippen LogP contribution in [0, 0.1) is 6.92 Å². The number of amides is 1. The molecule has 1 amide bonds. The molecule has 0 aliphatic carbocycles. The molecule has 6 nitrogen and oxygen atoms in total. The van der Waals surface area contributed by atoms with E-state index >= 15 is 0 Å². The number of rotatable bonds is 7. The number of benzene rings is 3. The van der Waals surface area contributed by atoms with E-state index in [0.29, 0.717) is 34.7 Å². The van der Waals surface area contributed by atoms with Crippen LogP contribution < -0.4 is 9.54 Å². The first-order chi connectivity index (χ1) is 16.0. The van der Waals surface area contributed by atoms with E-state index in [1.54, 1.807) is 23.6 Å². The summed E-state index contributed by atoms with van der Waals surface area (Å²) >= 11 is 1.28. The summed E-state index contributed by atoms with van der Waals surface area (Å²) in [4.78, 5) is 29.5. The van der Waals surface area contributed by atoms with Gasteiger partial charge >= 0.3 is 5.97 Å². The lowest BCUT2D eigenvalue weighted by molar-refractivity contribution is -0.140. The molecule has 0 fully saturated rings. The summed E-state index contributed by atoms with van der Waals surface area (Å²) in [6, 6.07) is 21.7. The molecular weight excluding hydrogens is 436 g/mol. The maximum absolute atomic E-state index is 12.8. The van der Waals surface area contributed by atoms with Crippen LogP contribution in [0.1, 0.15) is 40.9 Å². The average Bonchev–Trinajstić information content (AvgIpc) is 3.16. The average molecular weight is 461 g/mol. The summed E-state index contributed by atoms with van der Waals surface area (Å²) in [5, 5.41) is 9.81. The lowest BCUT2D eigenvalue weighted by atomic mass is 10.1. The van der Waals surface area contributed by atoms with Crippen molar-refractivity contribution in [1.82, 2.24) is 4.57 Å². The van der Waals surface area contributed by atoms with Gasteiger partial charge in [-0.2, -0.15) is 4.99 Å². The van der Waals surface area contributed by atoms with Crippen molar-refractivity contribution in [2.45, 2.75) is 32.9 Å². The molecule has 4 rings (SSSR count). The molecule has 0 spiro atoms. The minimum Gasteiger partial charge on any atom is -0.489 e. The molecule has 0 bridgehead atoms. The minimum atomic E-state index is -0.967. The van der Waals surface area contributed by atoms with Crippen LogP contribution in [-0.4, -0.2) is 21.6 Å². The number of aryl methyl sites for hydroxylation is 1. The Bertz CT molecular complexity index is 1350. The number of carboxylic acids is 1. The Morgan fingerprint density at radius 1 is 1.06 bits per heavy atom. The highest BCUT2D eigenvalue weighted by atomic mass is 32.1. The molecule has 1 atom stereocenters. The number of fused-ring (bicyclic) bond motifs is 1. The van der Waals surface area contributed by atoms with Crippen LogP contribution in [-0.2, 0) is 11.4 Å². The predicted octanol–water partition coefficient (Wildman–Crippen LogP) is 5.37. The van der Waals surface area contributed by atoms with E-state index < -0.39 is 17.9 Å². The molecule has 33 heavy (non-hydrogen) atoms. The summed E-state index contributed by atoms with van der Waals surface area (Å²) < 4.78 is 8.36. The van der Waals surface area contributed by atoms with Crippen LogP contribution in [0.25, 0.3) is 10.2 Å². The fraction of sp³-hybridized carbons (Fsp3) is 0.192. The zero-order chi connectivity index (χ0) is 23.4. The first-order valence-electron chi connectivity index (χ1n) is 10.7. The third-order valence-electron chi connectivity index (χ3n) is 5.33. The molecule has 0 saturated heterocycles. The van der Waals surface area contributed by atoms with Gasteiger partial charge in [0.15, 0.2) is 4.80 Å². The fourth-order valence-corrected chi connectivity index (χ4v) is 4.64. The molecule has 7 heteroatoms. The van der Waals surface area contributed by atoms with Gasteiger partial charge in [-0.25, -0.2) is 4.79 Å². The van der Waals surface area contributed by atoms with E-state index in [0.717, 1.165) is 15.8 Å². The van der Waals surface area contributed by atoms with Crippen LogP contribution in [0.4, 0.5) is 0 Å². The Morgan fingerprint density at radius 3 is 2.45 bits per heavy atom. The van der Waals surface area contributed by atoms with Crippen LogP contribution in [0.5, 0.6) is 5.75 Å². The van der Waals surface area contributed by atoms with Gasteiger partial charge in [-0.3, -0.25) is 4.79 Å². The van der Waals surface area contributed by atoms with E-state index in [1.165, 1.54) is 11.3 Å². The molecule has 168 valence electrons. The first kappa shape index (κ1) is 22.5. The summed E-state index contributed by atoms with van der Waals surface area (Å²) in [6.07, 6.45) is 0.360. The van der Waals surface area contributed by atoms with Crippen molar-refractivity contribution in [2.75, 3.05) is 0 Å². The standard InChI is InChI=1S/C26H24N2O4S/c1-3-21(25(30)31)28-22-14-13-20(32-16-18-7-5-4-6-8-18)15-23(22)33-26(28)27-24(29)19-11-9-17(2)10-12-19/h4-15,21H,3,16H2,1-2H3,(H,30,31). The second kappa shape index (κ2) is 9.83. The number of nitrogens with zero attached hydrogens (tertiary/aromatic N) is 2. The highest BCUT2D eigenvalue weighted by molar-refractivity contribution is 7.16. The number of carbonyl (C=O) groups is 2. The number of carbonyl (C=O) groups excluding carboxylic acids is 1. The number of hydrogen-bond acceptors (Lipinski definition) is 4. The molecule has 1 heterocycles. The van der Waals surface area contributed by atoms with Gasteiger partial charge in [-0.15, -0.1) is 0 Å². The summed E-state index contributed by atoms with van der Waals surface area (Å²) in [5.41, 5.74) is 3.26. The Hall–Kier alpha value is -3.71. The van der Waals surface area contributed by atoms with Crippen molar-refractivity contribution in [3.63, 3.8) is 0 Å². The number of carboxylic acid groups (broad SMARTS) is 1. The Morgan fingerprint density at radius 2 is 1.79 bits per heavy atom. The van der Waals surface area contributed by atoms with Gasteiger partial charge in [0.1, 0.15) is 18.4 Å². The van der Waals surface area contributed by atoms with Crippen molar-refractivity contribution in [3.8, 4) is 5.75 Å². The van der Waals surface area contributed by atoms with E-state index in [1.807, 2.05) is 67.6 Å². The van der Waals surface area contributed by atoms with Crippen LogP contribution in [0.15, 0.2) is 77.8 Å². The largest absolute Gasteiger partial charge is 0.489 e. The second-order valence-corrected chi connectivity index (χ2v) is 8.71. The van der Waals surface area contributed by atoms with Crippen molar-refractivity contribution in [1.29, 1.82) is 0 Å². The zero-order valence-electron chi connectivity index (χ0n) is 18.4. The topological polar surface area (TPSA) is 80.9 Å². The molecule has 1 aromatic heterocycles. The van der Waals surface area contributed by atoms with Crippen LogP contribution in [0.3, 0.4) is 0 Å². The smallest absolute Gasteiger partial charge is 0.326 e. The molecule has 0 radical (unpaired) electrons. The van der Waals surface area contributed by atoms with E-state index in [-0.39, 0.29) is 0 Å². The van der Waals surface area contributed by atoms with E-state index in [4.69, 9.17) is 4.74 Å². The van der Waals surface area contributed by atoms with Crippen LogP contribution >= 0.6 is 11.3 Å². The summed E-state index contributed by atoms with van der Waals surface area (Å²) in [7, 11) is 0. The Balaban J connectivity index is 1.76. The highest BCUT2D eigenvalue weighted by Gasteiger charge is 2.22. The van der Waals surface area contributed by atoms with Gasteiger partial charge in [-0.05, 0) is 49.2 Å². The third kappa shape index (κ3) is 5.04. The fourth-order valence-electron chi connectivity index (χ4n) is 3.55. The van der Waals surface area contributed by atoms with Gasteiger partial charge in [0.05, 0.1) is 10.2 Å². The maximum atomic E-state index is 12.8. The van der Waals surface area contributed by atoms with Crippen molar-refractivity contribution in [2.24, 2.45) is 4.99 Å². The van der Waals surface area contributed by atoms with E-state index in [2.05, 4.69) is 4.99 Å². The van der Waals surface area contributed by atoms with Crippen LogP contribution in [0.2, 0.25) is 0 Å². The maximum Gasteiger partial charge on any atom is 0.326 e. The van der Waals surface area contributed by atoms with Gasteiger partial charge in [0.2, 0.25) is 0 Å². The molecular formula is C26H24N2O4S. The second-order valence-electron chi connectivity index (χ2n) is 7.70. The number of aliphatic carboxylic acids is 1. The van der Waals surface area contributed by atoms with Gasteiger partial charge < -0.3 is 14.4 Å². The third-order valence-corrected chi connectivity index (χ3v) is 6.34. The van der Waals surface area contributed by atoms with Gasteiger partial charge in [-0.1, -0.05) is 66.3 Å². The lowest BCUT2D eigenvalue weighted by Crippen LogP contribution is -2.27. The molecule has 0 saturated carbocycles.